The highest BCUT2D eigenvalue weighted by atomic mass is 16.5. The first-order chi connectivity index (χ1) is 7.11. The zero-order chi connectivity index (χ0) is 11.7. The number of esters is 1. The van der Waals surface area contributed by atoms with E-state index in [-0.39, 0.29) is 11.9 Å². The standard InChI is InChI=1S/C13H26O2/c1-5-7-8-9-12(6-2)13(14)15-10-11(3)4/h11-12H,5-10H2,1-4H3. The number of carbonyl (C=O) groups excluding carboxylic acids is 1. The van der Waals surface area contributed by atoms with Crippen molar-refractivity contribution in [3.8, 4) is 0 Å². The summed E-state index contributed by atoms with van der Waals surface area (Å²) in [5, 5.41) is 0. The summed E-state index contributed by atoms with van der Waals surface area (Å²) in [7, 11) is 0. The lowest BCUT2D eigenvalue weighted by Crippen LogP contribution is -2.19. The Balaban J connectivity index is 3.77. The molecule has 0 radical (unpaired) electrons. The second kappa shape index (κ2) is 8.75. The molecule has 0 bridgehead atoms. The summed E-state index contributed by atoms with van der Waals surface area (Å²) in [6.07, 6.45) is 5.46. The summed E-state index contributed by atoms with van der Waals surface area (Å²) in [5.74, 6) is 0.555. The van der Waals surface area contributed by atoms with Gasteiger partial charge in [-0.25, -0.2) is 0 Å². The Morgan fingerprint density at radius 2 is 1.87 bits per heavy atom. The van der Waals surface area contributed by atoms with E-state index in [1.807, 2.05) is 0 Å². The molecule has 15 heavy (non-hydrogen) atoms. The van der Waals surface area contributed by atoms with Gasteiger partial charge in [0.25, 0.3) is 0 Å². The van der Waals surface area contributed by atoms with E-state index in [2.05, 4.69) is 27.7 Å². The van der Waals surface area contributed by atoms with Crippen LogP contribution in [-0.4, -0.2) is 12.6 Å². The van der Waals surface area contributed by atoms with Gasteiger partial charge in [-0.05, 0) is 18.8 Å². The molecule has 0 heterocycles. The molecule has 0 amide bonds. The van der Waals surface area contributed by atoms with Crippen molar-refractivity contribution < 1.29 is 9.53 Å². The predicted molar refractivity (Wildman–Crippen MR) is 63.7 cm³/mol. The van der Waals surface area contributed by atoms with Gasteiger partial charge >= 0.3 is 5.97 Å². The van der Waals surface area contributed by atoms with Crippen LogP contribution in [0.5, 0.6) is 0 Å². The fraction of sp³-hybridized carbons (Fsp3) is 0.923. The maximum Gasteiger partial charge on any atom is 0.308 e. The highest BCUT2D eigenvalue weighted by molar-refractivity contribution is 5.72. The van der Waals surface area contributed by atoms with Gasteiger partial charge in [-0.2, -0.15) is 0 Å². The van der Waals surface area contributed by atoms with E-state index < -0.39 is 0 Å². The third kappa shape index (κ3) is 7.40. The van der Waals surface area contributed by atoms with E-state index >= 15 is 0 Å². The summed E-state index contributed by atoms with van der Waals surface area (Å²) in [4.78, 5) is 11.7. The van der Waals surface area contributed by atoms with Crippen LogP contribution in [0.3, 0.4) is 0 Å². The van der Waals surface area contributed by atoms with Crippen LogP contribution in [0.1, 0.15) is 59.8 Å². The maximum absolute atomic E-state index is 11.7. The molecule has 2 nitrogen and oxygen atoms in total. The zero-order valence-corrected chi connectivity index (χ0v) is 10.7. The molecule has 90 valence electrons. The van der Waals surface area contributed by atoms with Gasteiger partial charge < -0.3 is 4.74 Å². The van der Waals surface area contributed by atoms with Crippen LogP contribution in [0.2, 0.25) is 0 Å². The topological polar surface area (TPSA) is 26.3 Å². The zero-order valence-electron chi connectivity index (χ0n) is 10.7. The molecule has 0 saturated carbocycles. The average molecular weight is 214 g/mol. The Hall–Kier alpha value is -0.530. The van der Waals surface area contributed by atoms with Crippen molar-refractivity contribution >= 4 is 5.97 Å². The number of hydrogen-bond acceptors (Lipinski definition) is 2. The monoisotopic (exact) mass is 214 g/mol. The van der Waals surface area contributed by atoms with E-state index in [4.69, 9.17) is 4.74 Å². The number of ether oxygens (including phenoxy) is 1. The van der Waals surface area contributed by atoms with Gasteiger partial charge in [0.15, 0.2) is 0 Å². The number of carbonyl (C=O) groups is 1. The van der Waals surface area contributed by atoms with Crippen LogP contribution >= 0.6 is 0 Å². The van der Waals surface area contributed by atoms with Gasteiger partial charge in [0.05, 0.1) is 12.5 Å². The minimum atomic E-state index is 0.00213. The van der Waals surface area contributed by atoms with Crippen LogP contribution in [0.15, 0.2) is 0 Å². The minimum Gasteiger partial charge on any atom is -0.465 e. The lowest BCUT2D eigenvalue weighted by Gasteiger charge is -2.14. The fourth-order valence-corrected chi connectivity index (χ4v) is 1.50. The van der Waals surface area contributed by atoms with Gasteiger partial charge in [0.1, 0.15) is 0 Å². The van der Waals surface area contributed by atoms with Gasteiger partial charge in [0.2, 0.25) is 0 Å². The van der Waals surface area contributed by atoms with Crippen molar-refractivity contribution in [2.24, 2.45) is 11.8 Å². The SMILES string of the molecule is CCCCCC(CC)C(=O)OCC(C)C. The summed E-state index contributed by atoms with van der Waals surface area (Å²) in [6, 6.07) is 0. The molecule has 0 fully saturated rings. The first-order valence-electron chi connectivity index (χ1n) is 6.28. The van der Waals surface area contributed by atoms with Crippen molar-refractivity contribution in [2.75, 3.05) is 6.61 Å². The van der Waals surface area contributed by atoms with Crippen LogP contribution in [0.4, 0.5) is 0 Å². The van der Waals surface area contributed by atoms with E-state index in [1.54, 1.807) is 0 Å². The molecule has 0 aromatic rings. The fourth-order valence-electron chi connectivity index (χ4n) is 1.50. The first kappa shape index (κ1) is 14.5. The predicted octanol–water partition coefficient (Wildman–Crippen LogP) is 3.79. The van der Waals surface area contributed by atoms with Gasteiger partial charge in [-0.15, -0.1) is 0 Å². The Kier molecular flexibility index (Phi) is 8.44. The second-order valence-electron chi connectivity index (χ2n) is 4.62. The summed E-state index contributed by atoms with van der Waals surface area (Å²) < 4.78 is 5.25. The van der Waals surface area contributed by atoms with Crippen molar-refractivity contribution in [1.82, 2.24) is 0 Å². The lowest BCUT2D eigenvalue weighted by molar-refractivity contribution is -0.150. The van der Waals surface area contributed by atoms with E-state index in [9.17, 15) is 4.79 Å². The molecular formula is C13H26O2. The molecule has 0 N–H and O–H groups in total. The first-order valence-corrected chi connectivity index (χ1v) is 6.28. The van der Waals surface area contributed by atoms with E-state index in [0.29, 0.717) is 12.5 Å². The summed E-state index contributed by atoms with van der Waals surface area (Å²) in [5.41, 5.74) is 0. The Labute approximate surface area is 94.4 Å². The number of unbranched alkanes of at least 4 members (excludes halogenated alkanes) is 2. The maximum atomic E-state index is 11.7. The van der Waals surface area contributed by atoms with Gasteiger partial charge in [0, 0.05) is 0 Å². The lowest BCUT2D eigenvalue weighted by atomic mass is 9.99. The Morgan fingerprint density at radius 1 is 1.20 bits per heavy atom. The summed E-state index contributed by atoms with van der Waals surface area (Å²) >= 11 is 0. The molecule has 1 unspecified atom stereocenters. The molecule has 1 atom stereocenters. The number of rotatable bonds is 8. The molecule has 0 aromatic heterocycles. The number of hydrogen-bond donors (Lipinski definition) is 0. The highest BCUT2D eigenvalue weighted by Crippen LogP contribution is 2.15. The van der Waals surface area contributed by atoms with Crippen molar-refractivity contribution in [3.63, 3.8) is 0 Å². The smallest absolute Gasteiger partial charge is 0.308 e. The molecule has 2 heteroatoms. The van der Waals surface area contributed by atoms with Crippen LogP contribution in [-0.2, 0) is 9.53 Å². The van der Waals surface area contributed by atoms with Gasteiger partial charge in [-0.1, -0.05) is 47.0 Å². The Morgan fingerprint density at radius 3 is 2.33 bits per heavy atom. The van der Waals surface area contributed by atoms with Crippen LogP contribution in [0, 0.1) is 11.8 Å². The average Bonchev–Trinajstić information content (AvgIpc) is 2.21. The van der Waals surface area contributed by atoms with Gasteiger partial charge in [-0.3, -0.25) is 4.79 Å². The Bertz CT molecular complexity index is 164. The van der Waals surface area contributed by atoms with E-state index in [1.165, 1.54) is 12.8 Å². The van der Waals surface area contributed by atoms with Crippen molar-refractivity contribution in [3.05, 3.63) is 0 Å². The van der Waals surface area contributed by atoms with Crippen molar-refractivity contribution in [2.45, 2.75) is 59.8 Å². The van der Waals surface area contributed by atoms with Crippen LogP contribution in [0.25, 0.3) is 0 Å². The van der Waals surface area contributed by atoms with E-state index in [0.717, 1.165) is 19.3 Å². The normalized spacial score (nSPS) is 12.9. The second-order valence-corrected chi connectivity index (χ2v) is 4.62. The van der Waals surface area contributed by atoms with Crippen molar-refractivity contribution in [1.29, 1.82) is 0 Å². The summed E-state index contributed by atoms with van der Waals surface area (Å²) in [6.45, 7) is 8.92. The third-order valence-electron chi connectivity index (χ3n) is 2.54. The molecule has 0 saturated heterocycles. The highest BCUT2D eigenvalue weighted by Gasteiger charge is 2.17. The molecular weight excluding hydrogens is 188 g/mol. The molecule has 0 spiro atoms. The molecule has 0 aromatic carbocycles. The molecule has 0 aliphatic carbocycles. The van der Waals surface area contributed by atoms with Crippen LogP contribution < -0.4 is 0 Å². The molecule has 0 aliphatic heterocycles. The minimum absolute atomic E-state index is 0.00213. The molecule has 0 aliphatic rings. The quantitative estimate of drug-likeness (QED) is 0.454. The largest absolute Gasteiger partial charge is 0.465 e. The third-order valence-corrected chi connectivity index (χ3v) is 2.54. The molecule has 0 rings (SSSR count).